The molecule has 0 fully saturated rings. The lowest BCUT2D eigenvalue weighted by Gasteiger charge is -2.33. The lowest BCUT2D eigenvalue weighted by molar-refractivity contribution is 0.0408. The van der Waals surface area contributed by atoms with Crippen molar-refractivity contribution in [3.8, 4) is 28.4 Å². The van der Waals surface area contributed by atoms with Gasteiger partial charge in [0.15, 0.2) is 5.78 Å². The number of ether oxygens (including phenoxy) is 4. The van der Waals surface area contributed by atoms with Crippen molar-refractivity contribution in [1.29, 1.82) is 0 Å². The Kier molecular flexibility index (Phi) is 14.5. The molecule has 0 bridgehead atoms. The maximum Gasteiger partial charge on any atom is 0.408 e. The number of ketones is 1. The van der Waals surface area contributed by atoms with Crippen molar-refractivity contribution in [2.75, 3.05) is 20.3 Å². The number of methoxy groups -OCH3 is 1. The molecule has 1 aliphatic carbocycles. The molecule has 0 radical (unpaired) electrons. The normalized spacial score (nSPS) is 14.2. The van der Waals surface area contributed by atoms with Crippen LogP contribution in [0.1, 0.15) is 96.6 Å². The molecule has 0 spiro atoms. The second-order valence-electron chi connectivity index (χ2n) is 19.3. The number of amides is 1. The molecule has 12 nitrogen and oxygen atoms in total. The van der Waals surface area contributed by atoms with E-state index in [2.05, 4.69) is 43.0 Å². The average molecular weight is 870 g/mol. The number of hydrogen-bond acceptors (Lipinski definition) is 10. The summed E-state index contributed by atoms with van der Waals surface area (Å²) in [5.74, 6) is 2.93. The van der Waals surface area contributed by atoms with Crippen LogP contribution in [0.25, 0.3) is 32.8 Å². The first-order valence-corrected chi connectivity index (χ1v) is 21.9. The number of nitrogens with zero attached hydrogens (tertiary/aromatic N) is 3. The number of fused-ring (bicyclic) bond motifs is 6. The molecule has 2 unspecified atom stereocenters. The Hall–Kier alpha value is -6.27. The van der Waals surface area contributed by atoms with Gasteiger partial charge in [-0.3, -0.25) is 19.6 Å². The first-order valence-electron chi connectivity index (χ1n) is 21.9. The van der Waals surface area contributed by atoms with Gasteiger partial charge in [-0.05, 0) is 148 Å². The molecular formula is C52H63N5O7. The highest BCUT2D eigenvalue weighted by molar-refractivity contribution is 6.07. The van der Waals surface area contributed by atoms with Gasteiger partial charge in [0.1, 0.15) is 36.1 Å². The van der Waals surface area contributed by atoms with Crippen LogP contribution in [-0.4, -0.2) is 63.4 Å². The zero-order valence-electron chi connectivity index (χ0n) is 38.9. The summed E-state index contributed by atoms with van der Waals surface area (Å²) in [6.45, 7) is 19.0. The highest BCUT2D eigenvalue weighted by Gasteiger charge is 2.31. The molecule has 64 heavy (non-hydrogen) atoms. The Morgan fingerprint density at radius 1 is 0.734 bits per heavy atom. The summed E-state index contributed by atoms with van der Waals surface area (Å²) in [5.41, 5.74) is 9.96. The van der Waals surface area contributed by atoms with E-state index in [1.165, 1.54) is 0 Å². The largest absolute Gasteiger partial charge is 0.497 e. The number of pyridine rings is 3. The number of alkyl carbamates (subject to hydrolysis) is 1. The van der Waals surface area contributed by atoms with E-state index < -0.39 is 17.2 Å². The smallest absolute Gasteiger partial charge is 0.408 e. The van der Waals surface area contributed by atoms with E-state index in [1.54, 1.807) is 42.5 Å². The third kappa shape index (κ3) is 12.0. The fourth-order valence-electron chi connectivity index (χ4n) is 8.44. The van der Waals surface area contributed by atoms with Crippen molar-refractivity contribution >= 4 is 33.6 Å². The van der Waals surface area contributed by atoms with Gasteiger partial charge in [-0.2, -0.15) is 0 Å². The van der Waals surface area contributed by atoms with E-state index in [0.29, 0.717) is 60.3 Å². The molecule has 7 rings (SSSR count). The second kappa shape index (κ2) is 19.6. The van der Waals surface area contributed by atoms with E-state index >= 15 is 0 Å². The van der Waals surface area contributed by atoms with Crippen molar-refractivity contribution < 1.29 is 28.5 Å². The third-order valence-electron chi connectivity index (χ3n) is 10.8. The van der Waals surface area contributed by atoms with Crippen LogP contribution < -0.4 is 30.8 Å². The number of hydrogen-bond donors (Lipinski definition) is 2. The number of nitrogens with one attached hydrogen (secondary N) is 1. The van der Waals surface area contributed by atoms with E-state index in [4.69, 9.17) is 24.7 Å². The molecule has 338 valence electrons. The summed E-state index contributed by atoms with van der Waals surface area (Å²) < 4.78 is 24.6. The molecule has 3 aromatic carbocycles. The third-order valence-corrected chi connectivity index (χ3v) is 10.8. The van der Waals surface area contributed by atoms with Crippen LogP contribution in [0.4, 0.5) is 4.79 Å². The topological polar surface area (TPSA) is 157 Å². The number of carbonyl (C=O) groups is 2. The van der Waals surface area contributed by atoms with Crippen LogP contribution in [0, 0.1) is 11.8 Å². The maximum absolute atomic E-state index is 13.8. The molecule has 3 heterocycles. The van der Waals surface area contributed by atoms with E-state index in [1.807, 2.05) is 101 Å². The summed E-state index contributed by atoms with van der Waals surface area (Å²) in [4.78, 5) is 47.3. The summed E-state index contributed by atoms with van der Waals surface area (Å²) in [7, 11) is 1.63. The molecule has 2 atom stereocenters. The van der Waals surface area contributed by atoms with Crippen LogP contribution in [-0.2, 0) is 17.7 Å². The molecule has 1 amide bonds. The summed E-state index contributed by atoms with van der Waals surface area (Å²) in [6, 6.07) is 22.8. The van der Waals surface area contributed by atoms with Crippen LogP contribution in [0.2, 0.25) is 0 Å². The predicted octanol–water partition coefficient (Wildman–Crippen LogP) is 9.94. The monoisotopic (exact) mass is 869 g/mol. The fourth-order valence-corrected chi connectivity index (χ4v) is 8.44. The van der Waals surface area contributed by atoms with Crippen molar-refractivity contribution in [3.63, 3.8) is 0 Å². The van der Waals surface area contributed by atoms with Crippen LogP contribution >= 0.6 is 0 Å². The lowest BCUT2D eigenvalue weighted by Crippen LogP contribution is -2.52. The Labute approximate surface area is 376 Å². The lowest BCUT2D eigenvalue weighted by atomic mass is 9.86. The Morgan fingerprint density at radius 2 is 1.38 bits per heavy atom. The minimum absolute atomic E-state index is 0.105. The van der Waals surface area contributed by atoms with Crippen LogP contribution in [0.15, 0.2) is 102 Å². The van der Waals surface area contributed by atoms with Gasteiger partial charge in [0.25, 0.3) is 5.56 Å². The molecule has 6 aromatic rings. The molecular weight excluding hydrogens is 807 g/mol. The second-order valence-corrected chi connectivity index (χ2v) is 19.3. The van der Waals surface area contributed by atoms with Crippen LogP contribution in [0.3, 0.4) is 0 Å². The van der Waals surface area contributed by atoms with Gasteiger partial charge in [-0.15, -0.1) is 0 Å². The Balaban J connectivity index is 0.000000241. The molecule has 12 heteroatoms. The number of carbonyl (C=O) groups excluding carboxylic acids is 2. The standard InChI is InChI=1S/C32H39N3O5.C20H24N2O2/c1-21(2)17-32(6,34-30(37)40-31(3,4)5)20-39-24-12-13-25-26-14-15-33-18-28(26)35(29(36)27(25)16-24)19-22-8-10-23(38-7)11-9-22;1-13(2)10-20(3,21)12-24-15-4-5-17-16-6-7-22-11-14(16)8-19(23)18(17)9-15/h8-16,18,21H,17,19-20H2,1-7H3,(H,34,37);4-7,9,11,13H,8,10,12,21H2,1-3H3. The Morgan fingerprint density at radius 3 is 2.06 bits per heavy atom. The van der Waals surface area contributed by atoms with Gasteiger partial charge >= 0.3 is 6.09 Å². The number of benzene rings is 3. The molecule has 0 saturated heterocycles. The summed E-state index contributed by atoms with van der Waals surface area (Å²) in [5, 5.41) is 5.31. The number of rotatable bonds is 14. The van der Waals surface area contributed by atoms with Crippen molar-refractivity contribution in [2.24, 2.45) is 17.6 Å². The highest BCUT2D eigenvalue weighted by atomic mass is 16.6. The van der Waals surface area contributed by atoms with Gasteiger partial charge in [-0.25, -0.2) is 4.79 Å². The zero-order valence-corrected chi connectivity index (χ0v) is 38.9. The van der Waals surface area contributed by atoms with Gasteiger partial charge in [0.05, 0.1) is 36.3 Å². The van der Waals surface area contributed by atoms with Crippen molar-refractivity contribution in [2.45, 2.75) is 105 Å². The molecule has 0 aliphatic heterocycles. The van der Waals surface area contributed by atoms with Crippen molar-refractivity contribution in [3.05, 3.63) is 125 Å². The van der Waals surface area contributed by atoms with E-state index in [-0.39, 0.29) is 23.5 Å². The minimum atomic E-state index is -0.672. The summed E-state index contributed by atoms with van der Waals surface area (Å²) in [6.07, 6.45) is 8.46. The molecule has 0 saturated carbocycles. The SMILES string of the molecule is CC(C)CC(C)(N)COc1ccc2c(c1)C(=O)Cc1cnccc1-2.COc1ccc(Cn2c(=O)c3cc(OCC(C)(CC(C)C)NC(=O)OC(C)(C)C)ccc3c3ccncc32)cc1. The molecule has 1 aliphatic rings. The van der Waals surface area contributed by atoms with Crippen LogP contribution in [0.5, 0.6) is 17.2 Å². The van der Waals surface area contributed by atoms with E-state index in [0.717, 1.165) is 50.7 Å². The van der Waals surface area contributed by atoms with Gasteiger partial charge in [0.2, 0.25) is 0 Å². The number of Topliss-reactive ketones (excluding diaryl/α,β-unsaturated/α-hetero) is 1. The molecule has 3 aromatic heterocycles. The van der Waals surface area contributed by atoms with Gasteiger partial charge < -0.3 is 34.6 Å². The summed E-state index contributed by atoms with van der Waals surface area (Å²) >= 11 is 0. The zero-order chi connectivity index (χ0) is 46.4. The predicted molar refractivity (Wildman–Crippen MR) is 254 cm³/mol. The quantitative estimate of drug-likeness (QED) is 0.101. The van der Waals surface area contributed by atoms with Gasteiger partial charge in [0, 0.05) is 41.5 Å². The highest BCUT2D eigenvalue weighted by Crippen LogP contribution is 2.35. The minimum Gasteiger partial charge on any atom is -0.497 e. The van der Waals surface area contributed by atoms with E-state index in [9.17, 15) is 14.4 Å². The first kappa shape index (κ1) is 47.2. The van der Waals surface area contributed by atoms with Gasteiger partial charge in [-0.1, -0.05) is 39.8 Å². The number of nitrogens with two attached hydrogens (primary N) is 1. The van der Waals surface area contributed by atoms with Crippen molar-refractivity contribution in [1.82, 2.24) is 19.9 Å². The fraction of sp³-hybridized carbons (Fsp3) is 0.404. The number of aromatic nitrogens is 3. The first-order chi connectivity index (χ1) is 30.2. The maximum atomic E-state index is 13.8. The Bertz CT molecular complexity index is 2670. The average Bonchev–Trinajstić information content (AvgIpc) is 3.23. The molecule has 3 N–H and O–H groups in total.